The molecule has 1 fully saturated rings. The third-order valence-electron chi connectivity index (χ3n) is 4.26. The highest BCUT2D eigenvalue weighted by Crippen LogP contribution is 2.23. The predicted octanol–water partition coefficient (Wildman–Crippen LogP) is 3.25. The number of nitrogens with one attached hydrogen (secondary N) is 2. The molecule has 1 saturated carbocycles. The maximum atomic E-state index is 12.6. The molecule has 1 amide bonds. The molecule has 1 aliphatic carbocycles. The van der Waals surface area contributed by atoms with Gasteiger partial charge < -0.3 is 5.32 Å². The van der Waals surface area contributed by atoms with Crippen molar-refractivity contribution >= 4 is 21.6 Å². The molecule has 2 aromatic carbocycles. The van der Waals surface area contributed by atoms with Crippen LogP contribution >= 0.6 is 0 Å². The average Bonchev–Trinajstić information content (AvgIpc) is 3.38. The summed E-state index contributed by atoms with van der Waals surface area (Å²) < 4.78 is 27.4. The van der Waals surface area contributed by atoms with E-state index in [-0.39, 0.29) is 16.8 Å². The fourth-order valence-electron chi connectivity index (χ4n) is 2.57. The van der Waals surface area contributed by atoms with Crippen LogP contribution in [0.15, 0.2) is 47.4 Å². The van der Waals surface area contributed by atoms with Crippen LogP contribution in [0.3, 0.4) is 0 Å². The van der Waals surface area contributed by atoms with E-state index in [4.69, 9.17) is 0 Å². The van der Waals surface area contributed by atoms with E-state index in [1.165, 1.54) is 12.1 Å². The van der Waals surface area contributed by atoms with Crippen LogP contribution in [-0.2, 0) is 16.4 Å². The number of rotatable bonds is 6. The molecule has 3 rings (SSSR count). The van der Waals surface area contributed by atoms with Crippen molar-refractivity contribution in [2.24, 2.45) is 0 Å². The second-order valence-corrected chi connectivity index (χ2v) is 8.09. The summed E-state index contributed by atoms with van der Waals surface area (Å²) >= 11 is 0. The number of carbonyl (C=O) groups is 1. The molecule has 1 aliphatic rings. The lowest BCUT2D eigenvalue weighted by atomic mass is 10.1. The topological polar surface area (TPSA) is 75.3 Å². The Kier molecular flexibility index (Phi) is 4.92. The molecule has 0 atom stereocenters. The van der Waals surface area contributed by atoms with Crippen molar-refractivity contribution in [1.29, 1.82) is 0 Å². The van der Waals surface area contributed by atoms with Gasteiger partial charge >= 0.3 is 0 Å². The number of carbonyl (C=O) groups excluding carboxylic acids is 1. The number of sulfonamides is 1. The first-order chi connectivity index (χ1) is 11.9. The summed E-state index contributed by atoms with van der Waals surface area (Å²) in [6, 6.07) is 12.3. The molecule has 0 radical (unpaired) electrons. The second-order valence-electron chi connectivity index (χ2n) is 6.38. The molecule has 132 valence electrons. The molecule has 0 aromatic heterocycles. The van der Waals surface area contributed by atoms with Gasteiger partial charge in [0.1, 0.15) is 0 Å². The summed E-state index contributed by atoms with van der Waals surface area (Å²) in [5.41, 5.74) is 2.92. The van der Waals surface area contributed by atoms with E-state index in [0.29, 0.717) is 11.3 Å². The second kappa shape index (κ2) is 6.98. The van der Waals surface area contributed by atoms with Gasteiger partial charge in [-0.15, -0.1) is 0 Å². The Morgan fingerprint density at radius 1 is 1.16 bits per heavy atom. The van der Waals surface area contributed by atoms with Crippen molar-refractivity contribution in [2.75, 3.05) is 5.32 Å². The van der Waals surface area contributed by atoms with Gasteiger partial charge in [0, 0.05) is 17.3 Å². The van der Waals surface area contributed by atoms with Crippen molar-refractivity contribution in [1.82, 2.24) is 4.72 Å². The molecule has 0 heterocycles. The van der Waals surface area contributed by atoms with Crippen LogP contribution in [0.4, 0.5) is 5.69 Å². The summed E-state index contributed by atoms with van der Waals surface area (Å²) in [5, 5.41) is 2.85. The average molecular weight is 358 g/mol. The third kappa shape index (κ3) is 4.27. The molecule has 2 aromatic rings. The largest absolute Gasteiger partial charge is 0.322 e. The molecule has 0 aliphatic heterocycles. The van der Waals surface area contributed by atoms with Crippen LogP contribution in [-0.4, -0.2) is 20.4 Å². The number of benzene rings is 2. The van der Waals surface area contributed by atoms with Gasteiger partial charge in [0.25, 0.3) is 5.91 Å². The molecule has 5 nitrogen and oxygen atoms in total. The van der Waals surface area contributed by atoms with E-state index in [9.17, 15) is 13.2 Å². The van der Waals surface area contributed by atoms with E-state index in [0.717, 1.165) is 30.4 Å². The SMILES string of the molecule is CCc1cccc(NC(=O)c2cc(S(=O)(=O)NC3CC3)ccc2C)c1. The molecule has 0 bridgehead atoms. The first-order valence-electron chi connectivity index (χ1n) is 8.42. The van der Waals surface area contributed by atoms with E-state index >= 15 is 0 Å². The first kappa shape index (κ1) is 17.6. The van der Waals surface area contributed by atoms with Gasteiger partial charge in [-0.25, -0.2) is 13.1 Å². The van der Waals surface area contributed by atoms with Crippen LogP contribution in [0.25, 0.3) is 0 Å². The fourth-order valence-corrected chi connectivity index (χ4v) is 3.90. The van der Waals surface area contributed by atoms with E-state index < -0.39 is 10.0 Å². The van der Waals surface area contributed by atoms with Gasteiger partial charge in [-0.1, -0.05) is 25.1 Å². The fraction of sp³-hybridized carbons (Fsp3) is 0.316. The molecular formula is C19H22N2O3S. The molecular weight excluding hydrogens is 336 g/mol. The maximum absolute atomic E-state index is 12.6. The maximum Gasteiger partial charge on any atom is 0.255 e. The summed E-state index contributed by atoms with van der Waals surface area (Å²) in [4.78, 5) is 12.7. The van der Waals surface area contributed by atoms with Crippen molar-refractivity contribution in [3.63, 3.8) is 0 Å². The number of hydrogen-bond donors (Lipinski definition) is 2. The molecule has 25 heavy (non-hydrogen) atoms. The number of hydrogen-bond acceptors (Lipinski definition) is 3. The van der Waals surface area contributed by atoms with Gasteiger partial charge in [0.05, 0.1) is 4.90 Å². The van der Waals surface area contributed by atoms with Gasteiger partial charge in [0.2, 0.25) is 10.0 Å². The van der Waals surface area contributed by atoms with Crippen LogP contribution in [0.2, 0.25) is 0 Å². The molecule has 0 spiro atoms. The Morgan fingerprint density at radius 3 is 2.60 bits per heavy atom. The smallest absolute Gasteiger partial charge is 0.255 e. The van der Waals surface area contributed by atoms with Gasteiger partial charge in [-0.05, 0) is 61.6 Å². The Hall–Kier alpha value is -2.18. The summed E-state index contributed by atoms with van der Waals surface area (Å²) in [6.07, 6.45) is 2.61. The third-order valence-corrected chi connectivity index (χ3v) is 5.77. The molecule has 0 unspecified atom stereocenters. The van der Waals surface area contributed by atoms with Crippen LogP contribution in [0.1, 0.15) is 41.3 Å². The standard InChI is InChI=1S/C19H22N2O3S/c1-3-14-5-4-6-16(11-14)20-19(22)18-12-17(10-7-13(18)2)25(23,24)21-15-8-9-15/h4-7,10-12,15,21H,3,8-9H2,1-2H3,(H,20,22). The minimum absolute atomic E-state index is 0.0281. The van der Waals surface area contributed by atoms with E-state index in [1.54, 1.807) is 13.0 Å². The lowest BCUT2D eigenvalue weighted by molar-refractivity contribution is 0.102. The Labute approximate surface area is 148 Å². The van der Waals surface area contributed by atoms with Gasteiger partial charge in [0.15, 0.2) is 0 Å². The van der Waals surface area contributed by atoms with Gasteiger partial charge in [-0.2, -0.15) is 0 Å². The lowest BCUT2D eigenvalue weighted by Crippen LogP contribution is -2.26. The summed E-state index contributed by atoms with van der Waals surface area (Å²) in [6.45, 7) is 3.84. The van der Waals surface area contributed by atoms with Crippen LogP contribution < -0.4 is 10.0 Å². The van der Waals surface area contributed by atoms with E-state index in [2.05, 4.69) is 10.0 Å². The van der Waals surface area contributed by atoms with Crippen LogP contribution in [0.5, 0.6) is 0 Å². The van der Waals surface area contributed by atoms with Gasteiger partial charge in [-0.3, -0.25) is 4.79 Å². The van der Waals surface area contributed by atoms with Crippen molar-refractivity contribution in [2.45, 2.75) is 44.0 Å². The first-order valence-corrected chi connectivity index (χ1v) is 9.90. The minimum atomic E-state index is -3.58. The Morgan fingerprint density at radius 2 is 1.92 bits per heavy atom. The van der Waals surface area contributed by atoms with Crippen LogP contribution in [0, 0.1) is 6.92 Å². The van der Waals surface area contributed by atoms with Crippen molar-refractivity contribution < 1.29 is 13.2 Å². The number of amides is 1. The minimum Gasteiger partial charge on any atom is -0.322 e. The highest BCUT2D eigenvalue weighted by molar-refractivity contribution is 7.89. The zero-order valence-electron chi connectivity index (χ0n) is 14.4. The molecule has 0 saturated heterocycles. The summed E-state index contributed by atoms with van der Waals surface area (Å²) in [5.74, 6) is -0.311. The molecule has 2 N–H and O–H groups in total. The monoisotopic (exact) mass is 358 g/mol. The van der Waals surface area contributed by atoms with E-state index in [1.807, 2.05) is 31.2 Å². The number of anilines is 1. The number of aryl methyl sites for hydroxylation is 2. The van der Waals surface area contributed by atoms with Crippen molar-refractivity contribution in [3.05, 3.63) is 59.2 Å². The Balaban J connectivity index is 1.85. The lowest BCUT2D eigenvalue weighted by Gasteiger charge is -2.11. The quantitative estimate of drug-likeness (QED) is 0.832. The zero-order chi connectivity index (χ0) is 18.0. The summed E-state index contributed by atoms with van der Waals surface area (Å²) in [7, 11) is -3.58. The Bertz CT molecular complexity index is 903. The molecule has 6 heteroatoms. The highest BCUT2D eigenvalue weighted by Gasteiger charge is 2.28. The normalized spacial score (nSPS) is 14.3. The highest BCUT2D eigenvalue weighted by atomic mass is 32.2. The van der Waals surface area contributed by atoms with Crippen molar-refractivity contribution in [3.8, 4) is 0 Å². The predicted molar refractivity (Wildman–Crippen MR) is 98.3 cm³/mol. The zero-order valence-corrected chi connectivity index (χ0v) is 15.2.